The van der Waals surface area contributed by atoms with E-state index in [-0.39, 0.29) is 13.1 Å². The van der Waals surface area contributed by atoms with Gasteiger partial charge in [-0.15, -0.1) is 0 Å². The fourth-order valence-electron chi connectivity index (χ4n) is 1.53. The van der Waals surface area contributed by atoms with Crippen LogP contribution in [0.15, 0.2) is 0 Å². The van der Waals surface area contributed by atoms with E-state index >= 15 is 0 Å². The van der Waals surface area contributed by atoms with Gasteiger partial charge in [-0.1, -0.05) is 0 Å². The third-order valence-corrected chi connectivity index (χ3v) is 5.74. The summed E-state index contributed by atoms with van der Waals surface area (Å²) in [5, 5.41) is 2.92. The smallest absolute Gasteiger partial charge is 0.323 e. The standard InChI is InChI=1S/C5H14N2O6P2/c8-14(9,10)5(15(11,12)13)7-3-1-6-2-4-7/h5-6H,1-4H2,(H2,8,9,10)(H2,11,12,13). The van der Waals surface area contributed by atoms with E-state index in [2.05, 4.69) is 5.32 Å². The molecule has 0 spiro atoms. The van der Waals surface area contributed by atoms with Crippen molar-refractivity contribution >= 4 is 15.2 Å². The first-order valence-corrected chi connectivity index (χ1v) is 7.64. The van der Waals surface area contributed by atoms with Crippen molar-refractivity contribution in [2.24, 2.45) is 0 Å². The summed E-state index contributed by atoms with van der Waals surface area (Å²) in [4.78, 5) is 36.8. The maximum atomic E-state index is 11.0. The average molecular weight is 260 g/mol. The first kappa shape index (κ1) is 13.3. The van der Waals surface area contributed by atoms with Gasteiger partial charge < -0.3 is 24.9 Å². The number of piperazine rings is 1. The molecule has 0 amide bonds. The Labute approximate surface area is 86.6 Å². The molecule has 8 nitrogen and oxygen atoms in total. The molecule has 15 heavy (non-hydrogen) atoms. The lowest BCUT2D eigenvalue weighted by Gasteiger charge is -2.34. The zero-order valence-corrected chi connectivity index (χ0v) is 9.64. The maximum absolute atomic E-state index is 11.0. The quantitative estimate of drug-likeness (QED) is 0.389. The zero-order chi connectivity index (χ0) is 11.7. The van der Waals surface area contributed by atoms with Crippen LogP contribution in [0.25, 0.3) is 0 Å². The molecule has 1 heterocycles. The highest BCUT2D eigenvalue weighted by molar-refractivity contribution is 7.70. The second-order valence-corrected chi connectivity index (χ2v) is 7.05. The van der Waals surface area contributed by atoms with Gasteiger partial charge in [-0.05, 0) is 0 Å². The lowest BCUT2D eigenvalue weighted by Crippen LogP contribution is -2.48. The molecule has 0 unspecified atom stereocenters. The highest BCUT2D eigenvalue weighted by atomic mass is 31.2. The van der Waals surface area contributed by atoms with Gasteiger partial charge in [0, 0.05) is 26.2 Å². The largest absolute Gasteiger partial charge is 0.354 e. The minimum atomic E-state index is -4.83. The first-order valence-electron chi connectivity index (χ1n) is 4.28. The molecule has 0 radical (unpaired) electrons. The van der Waals surface area contributed by atoms with Crippen LogP contribution in [0, 0.1) is 0 Å². The summed E-state index contributed by atoms with van der Waals surface area (Å²) in [6.07, 6.45) is 0. The molecule has 0 atom stereocenters. The third kappa shape index (κ3) is 3.62. The second-order valence-electron chi connectivity index (χ2n) is 3.31. The number of nitrogens with one attached hydrogen (secondary N) is 1. The van der Waals surface area contributed by atoms with E-state index in [1.165, 1.54) is 0 Å². The summed E-state index contributed by atoms with van der Waals surface area (Å²) >= 11 is 0. The lowest BCUT2D eigenvalue weighted by molar-refractivity contribution is 0.205. The molecule has 0 bridgehead atoms. The predicted molar refractivity (Wildman–Crippen MR) is 52.3 cm³/mol. The maximum Gasteiger partial charge on any atom is 0.354 e. The molecule has 90 valence electrons. The fourth-order valence-corrected chi connectivity index (χ4v) is 4.41. The van der Waals surface area contributed by atoms with Crippen molar-refractivity contribution in [3.63, 3.8) is 0 Å². The summed E-state index contributed by atoms with van der Waals surface area (Å²) in [5.74, 6) is 0. The van der Waals surface area contributed by atoms with Gasteiger partial charge in [0.1, 0.15) is 0 Å². The van der Waals surface area contributed by atoms with Gasteiger partial charge in [0.05, 0.1) is 0 Å². The van der Waals surface area contributed by atoms with Crippen molar-refractivity contribution < 1.29 is 28.7 Å². The van der Waals surface area contributed by atoms with Crippen LogP contribution in [0.2, 0.25) is 0 Å². The van der Waals surface area contributed by atoms with Crippen molar-refractivity contribution in [3.8, 4) is 0 Å². The van der Waals surface area contributed by atoms with Gasteiger partial charge >= 0.3 is 15.2 Å². The molecule has 0 aliphatic carbocycles. The molecule has 0 saturated carbocycles. The molecule has 0 aromatic heterocycles. The third-order valence-electron chi connectivity index (χ3n) is 2.08. The number of nitrogens with zero attached hydrogens (tertiary/aromatic N) is 1. The van der Waals surface area contributed by atoms with E-state index in [1.54, 1.807) is 0 Å². The van der Waals surface area contributed by atoms with E-state index in [4.69, 9.17) is 19.6 Å². The molecule has 10 heteroatoms. The lowest BCUT2D eigenvalue weighted by atomic mass is 10.4. The Hall–Kier alpha value is 0.220. The van der Waals surface area contributed by atoms with E-state index in [1.807, 2.05) is 0 Å². The SMILES string of the molecule is O=P(O)(O)C(N1CCNCC1)P(=O)(O)O. The Kier molecular flexibility index (Phi) is 4.08. The Morgan fingerprint density at radius 1 is 1.00 bits per heavy atom. The Bertz CT molecular complexity index is 283. The Morgan fingerprint density at radius 3 is 1.73 bits per heavy atom. The molecule has 1 fully saturated rings. The van der Waals surface area contributed by atoms with Gasteiger partial charge in [-0.2, -0.15) is 0 Å². The molecule has 5 N–H and O–H groups in total. The number of hydrogen-bond donors (Lipinski definition) is 5. The summed E-state index contributed by atoms with van der Waals surface area (Å²) in [6, 6.07) is 0. The Morgan fingerprint density at radius 2 is 1.40 bits per heavy atom. The molecule has 1 saturated heterocycles. The molecular weight excluding hydrogens is 246 g/mol. The molecular formula is C5H14N2O6P2. The molecule has 1 rings (SSSR count). The van der Waals surface area contributed by atoms with Crippen LogP contribution < -0.4 is 5.32 Å². The van der Waals surface area contributed by atoms with Crippen LogP contribution >= 0.6 is 15.2 Å². The summed E-state index contributed by atoms with van der Waals surface area (Å²) in [5.41, 5.74) is -2.01. The predicted octanol–water partition coefficient (Wildman–Crippen LogP) is -1.47. The average Bonchev–Trinajstić information content (AvgIpc) is 2.00. The monoisotopic (exact) mass is 260 g/mol. The molecule has 0 aromatic rings. The van der Waals surface area contributed by atoms with Crippen molar-refractivity contribution in [2.45, 2.75) is 5.52 Å². The minimum absolute atomic E-state index is 0.209. The van der Waals surface area contributed by atoms with Gasteiger partial charge in [0.25, 0.3) is 0 Å². The minimum Gasteiger partial charge on any atom is -0.323 e. The normalized spacial score (nSPS) is 20.9. The van der Waals surface area contributed by atoms with E-state index in [0.29, 0.717) is 13.1 Å². The van der Waals surface area contributed by atoms with Gasteiger partial charge in [0.15, 0.2) is 0 Å². The second kappa shape index (κ2) is 4.61. The van der Waals surface area contributed by atoms with Crippen LogP contribution in [0.3, 0.4) is 0 Å². The zero-order valence-electron chi connectivity index (χ0n) is 7.85. The highest BCUT2D eigenvalue weighted by Gasteiger charge is 2.47. The number of hydrogen-bond acceptors (Lipinski definition) is 4. The van der Waals surface area contributed by atoms with Crippen LogP contribution in [-0.4, -0.2) is 56.2 Å². The fraction of sp³-hybridized carbons (Fsp3) is 1.00. The van der Waals surface area contributed by atoms with Crippen molar-refractivity contribution in [1.29, 1.82) is 0 Å². The van der Waals surface area contributed by atoms with Crippen LogP contribution in [0.4, 0.5) is 0 Å². The number of rotatable bonds is 3. The highest BCUT2D eigenvalue weighted by Crippen LogP contribution is 2.61. The van der Waals surface area contributed by atoms with Crippen LogP contribution in [0.1, 0.15) is 0 Å². The van der Waals surface area contributed by atoms with Crippen molar-refractivity contribution in [1.82, 2.24) is 10.2 Å². The Balaban J connectivity index is 2.91. The summed E-state index contributed by atoms with van der Waals surface area (Å²) in [7, 11) is -9.66. The summed E-state index contributed by atoms with van der Waals surface area (Å²) < 4.78 is 22.0. The van der Waals surface area contributed by atoms with Gasteiger partial charge in [-0.3, -0.25) is 14.0 Å². The van der Waals surface area contributed by atoms with Crippen molar-refractivity contribution in [2.75, 3.05) is 26.2 Å². The molecule has 1 aliphatic heterocycles. The van der Waals surface area contributed by atoms with E-state index in [9.17, 15) is 9.13 Å². The van der Waals surface area contributed by atoms with Crippen molar-refractivity contribution in [3.05, 3.63) is 0 Å². The first-order chi connectivity index (χ1) is 6.73. The van der Waals surface area contributed by atoms with E-state index in [0.717, 1.165) is 4.90 Å². The topological polar surface area (TPSA) is 130 Å². The molecule has 0 aromatic carbocycles. The van der Waals surface area contributed by atoms with Gasteiger partial charge in [0.2, 0.25) is 5.52 Å². The van der Waals surface area contributed by atoms with Gasteiger partial charge in [-0.25, -0.2) is 0 Å². The summed E-state index contributed by atoms with van der Waals surface area (Å²) in [6.45, 7) is 1.33. The van der Waals surface area contributed by atoms with E-state index < -0.39 is 20.7 Å². The molecule has 1 aliphatic rings. The van der Waals surface area contributed by atoms with Crippen LogP contribution in [-0.2, 0) is 9.13 Å². The van der Waals surface area contributed by atoms with Crippen LogP contribution in [0.5, 0.6) is 0 Å².